The Hall–Kier alpha value is -9.12. The van der Waals surface area contributed by atoms with Gasteiger partial charge >= 0.3 is 12.4 Å². The van der Waals surface area contributed by atoms with Gasteiger partial charge in [0, 0.05) is 108 Å². The van der Waals surface area contributed by atoms with Crippen molar-refractivity contribution in [3.05, 3.63) is 178 Å². The Labute approximate surface area is 511 Å². The summed E-state index contributed by atoms with van der Waals surface area (Å²) >= 11 is 0. The molecule has 3 unspecified atom stereocenters. The van der Waals surface area contributed by atoms with E-state index in [1.807, 2.05) is 35.2 Å². The minimum Gasteiger partial charge on any atom is -0.383 e. The molecular weight excluding hydrogens is 1140 g/mol. The molecule has 4 atom stereocenters. The standard InChI is InChI=1S/C24H23N5O.C20H23F4N5O.C18H18F3N5O.9H2/c1-2-7-18-11-12-21(28-22(18)23(30)19-10-6-13-27-24(19)25)29-15-14-26-20(16-29)17-8-4-3-5-9-17;1-19(2,21)10-12-11-29(9-8-26-12)15-6-5-14(20(22,23)24)16(28-15)17(30)13-4-3-7-27-18(13)25;19-18(20,21)13-5-6-14(26-8-10-3-4-11(9-26)24-10)25-15(13)16(27)12-2-1-7-23-17(12)22;;;;;;;;;/h3-6,8-13,20,26H,14-16H2,1H3,(H2,25,27);3-7,12,26H,8-11H2,1-2H3,(H2,25,27);1-2,5-7,10-11,24H,3-4,8-9H2,(H2,22,23);9*1H/t20-;;;;;;;;;;;/m0.........../s1. The third-order valence-corrected chi connectivity index (χ3v) is 15.0. The third-order valence-electron chi connectivity index (χ3n) is 15.0. The first kappa shape index (κ1) is 62.4. The zero-order valence-corrected chi connectivity index (χ0v) is 47.8. The first-order valence-electron chi connectivity index (χ1n) is 28.0. The van der Waals surface area contributed by atoms with Crippen molar-refractivity contribution in [3.8, 4) is 11.8 Å². The maximum Gasteiger partial charge on any atom is 0.418 e. The summed E-state index contributed by atoms with van der Waals surface area (Å²) in [4.78, 5) is 69.2. The number of alkyl halides is 7. The molecule has 25 heteroatoms. The van der Waals surface area contributed by atoms with E-state index >= 15 is 0 Å². The van der Waals surface area contributed by atoms with Crippen LogP contribution < -0.4 is 47.9 Å². The molecule has 9 N–H and O–H groups in total. The molecule has 0 saturated carbocycles. The van der Waals surface area contributed by atoms with E-state index in [-0.39, 0.29) is 71.5 Å². The van der Waals surface area contributed by atoms with Gasteiger partial charge in [-0.3, -0.25) is 14.4 Å². The van der Waals surface area contributed by atoms with Gasteiger partial charge in [-0.1, -0.05) is 36.3 Å². The summed E-state index contributed by atoms with van der Waals surface area (Å²) in [6, 6.07) is 27.9. The Morgan fingerprint density at radius 1 is 0.563 bits per heavy atom. The average molecular weight is 1220 g/mol. The number of nitrogen functional groups attached to an aromatic ring is 3. The Morgan fingerprint density at radius 3 is 1.48 bits per heavy atom. The second-order valence-corrected chi connectivity index (χ2v) is 21.8. The van der Waals surface area contributed by atoms with Gasteiger partial charge in [0.2, 0.25) is 17.3 Å². The van der Waals surface area contributed by atoms with Crippen molar-refractivity contribution >= 4 is 52.3 Å². The predicted octanol–water partition coefficient (Wildman–Crippen LogP) is 10.5. The highest BCUT2D eigenvalue weighted by molar-refractivity contribution is 6.13. The van der Waals surface area contributed by atoms with Crippen LogP contribution in [0.5, 0.6) is 0 Å². The second-order valence-electron chi connectivity index (χ2n) is 21.8. The van der Waals surface area contributed by atoms with Crippen molar-refractivity contribution in [2.45, 2.75) is 82.2 Å². The van der Waals surface area contributed by atoms with E-state index in [9.17, 15) is 45.1 Å². The molecule has 0 radical (unpaired) electrons. The van der Waals surface area contributed by atoms with Crippen molar-refractivity contribution in [2.24, 2.45) is 0 Å². The monoisotopic (exact) mass is 1220 g/mol. The lowest BCUT2D eigenvalue weighted by Gasteiger charge is -2.36. The highest BCUT2D eigenvalue weighted by atomic mass is 19.4. The topological polar surface area (TPSA) is 252 Å². The molecule has 2 bridgehead atoms. The summed E-state index contributed by atoms with van der Waals surface area (Å²) in [5.74, 6) is 4.98. The van der Waals surface area contributed by atoms with Gasteiger partial charge < -0.3 is 47.9 Å². The van der Waals surface area contributed by atoms with Crippen LogP contribution in [0, 0.1) is 11.8 Å². The number of carbonyl (C=O) groups is 3. The smallest absolute Gasteiger partial charge is 0.383 e. The minimum absolute atomic E-state index is 0. The van der Waals surface area contributed by atoms with Crippen LogP contribution in [0.25, 0.3) is 0 Å². The summed E-state index contributed by atoms with van der Waals surface area (Å²) < 4.78 is 95.1. The average Bonchev–Trinajstić information content (AvgIpc) is 1.45. The van der Waals surface area contributed by atoms with E-state index in [1.54, 1.807) is 30.2 Å². The van der Waals surface area contributed by atoms with E-state index < -0.39 is 52.1 Å². The van der Waals surface area contributed by atoms with Crippen LogP contribution in [0.1, 0.15) is 129 Å². The van der Waals surface area contributed by atoms with Crippen molar-refractivity contribution < 1.29 is 58.0 Å². The lowest BCUT2D eigenvalue weighted by molar-refractivity contribution is -0.138. The van der Waals surface area contributed by atoms with Crippen LogP contribution in [0.15, 0.2) is 122 Å². The maximum absolute atomic E-state index is 14.0. The van der Waals surface area contributed by atoms with E-state index in [0.29, 0.717) is 67.4 Å². The fourth-order valence-corrected chi connectivity index (χ4v) is 10.9. The van der Waals surface area contributed by atoms with Crippen molar-refractivity contribution in [2.75, 3.05) is 84.3 Å². The van der Waals surface area contributed by atoms with E-state index in [1.165, 1.54) is 68.2 Å². The number of nitrogens with one attached hydrogen (secondary N) is 3. The number of nitrogens with two attached hydrogens (primary N) is 3. The van der Waals surface area contributed by atoms with Gasteiger partial charge in [-0.05, 0) is 118 Å². The molecule has 4 saturated heterocycles. The van der Waals surface area contributed by atoms with Gasteiger partial charge in [0.25, 0.3) is 0 Å². The maximum atomic E-state index is 14.0. The van der Waals surface area contributed by atoms with E-state index in [0.717, 1.165) is 50.4 Å². The fraction of sp³-hybridized carbons (Fsp3) is 0.339. The number of piperazine rings is 3. The fourth-order valence-electron chi connectivity index (χ4n) is 10.9. The normalized spacial score (nSPS) is 18.5. The number of nitrogens with zero attached hydrogens (tertiary/aromatic N) is 9. The first-order valence-corrected chi connectivity index (χ1v) is 28.0. The van der Waals surface area contributed by atoms with Crippen LogP contribution in [-0.2, 0) is 12.4 Å². The zero-order valence-electron chi connectivity index (χ0n) is 47.8. The molecule has 7 aromatic rings. The number of fused-ring (bicyclic) bond motifs is 2. The summed E-state index contributed by atoms with van der Waals surface area (Å²) in [6.07, 6.45) is -2.90. The zero-order chi connectivity index (χ0) is 62.2. The van der Waals surface area contributed by atoms with Gasteiger partial charge in [0.15, 0.2) is 0 Å². The summed E-state index contributed by atoms with van der Waals surface area (Å²) in [5.41, 5.74) is 14.5. The SMILES string of the molecule is CC#Cc1ccc(N2CCN[C@H](c3ccccc3)C2)nc1C(=O)c1cccnc1N.CC(C)(F)CC1CN(c2ccc(C(F)(F)F)c(C(=O)c3cccnc3N)n2)CCN1.Nc1ncccc1C(=O)c1nc(N2CC3CCC(C2)N3)ccc1C(F)(F)F.[HH].[HH].[HH].[HH].[HH].[HH].[HH].[HH].[HH]. The number of hydrogen-bond donors (Lipinski definition) is 6. The predicted molar refractivity (Wildman–Crippen MR) is 336 cm³/mol. The quantitative estimate of drug-likeness (QED) is 0.0378. The molecule has 0 aliphatic carbocycles. The molecular formula is C62H82F7N15O3. The van der Waals surface area contributed by atoms with Gasteiger partial charge in [-0.2, -0.15) is 26.3 Å². The Kier molecular flexibility index (Phi) is 19.1. The van der Waals surface area contributed by atoms with Gasteiger partial charge in [0.1, 0.15) is 57.7 Å². The first-order chi connectivity index (χ1) is 41.4. The Morgan fingerprint density at radius 2 is 1.01 bits per heavy atom. The molecule has 18 nitrogen and oxygen atoms in total. The second kappa shape index (κ2) is 26.6. The molecule has 1 aromatic carbocycles. The van der Waals surface area contributed by atoms with E-state index in [4.69, 9.17) is 22.2 Å². The Bertz CT molecular complexity index is 3720. The number of ketones is 3. The number of pyridine rings is 6. The molecule has 0 amide bonds. The number of rotatable bonds is 12. The van der Waals surface area contributed by atoms with Crippen LogP contribution >= 0.6 is 0 Å². The molecule has 6 aromatic heterocycles. The number of aromatic nitrogens is 6. The highest BCUT2D eigenvalue weighted by Crippen LogP contribution is 2.37. The lowest BCUT2D eigenvalue weighted by Crippen LogP contribution is -2.52. The molecule has 4 aliphatic heterocycles. The van der Waals surface area contributed by atoms with Crippen molar-refractivity contribution in [1.82, 2.24) is 45.9 Å². The molecule has 10 heterocycles. The largest absolute Gasteiger partial charge is 0.418 e. The number of carbonyl (C=O) groups excluding carboxylic acids is 3. The molecule has 472 valence electrons. The van der Waals surface area contributed by atoms with Gasteiger partial charge in [-0.15, -0.1) is 5.92 Å². The number of halogens is 7. The molecule has 11 rings (SSSR count). The molecule has 0 spiro atoms. The van der Waals surface area contributed by atoms with E-state index in [2.05, 4.69) is 69.7 Å². The summed E-state index contributed by atoms with van der Waals surface area (Å²) in [7, 11) is 0. The summed E-state index contributed by atoms with van der Waals surface area (Å²) in [5, 5.41) is 10.2. The minimum atomic E-state index is -4.77. The molecule has 4 aliphatic rings. The third kappa shape index (κ3) is 15.3. The van der Waals surface area contributed by atoms with Crippen LogP contribution in [0.2, 0.25) is 0 Å². The number of benzene rings is 1. The highest BCUT2D eigenvalue weighted by Gasteiger charge is 2.40. The lowest BCUT2D eigenvalue weighted by atomic mass is 9.99. The van der Waals surface area contributed by atoms with Gasteiger partial charge in [-0.25, -0.2) is 34.3 Å². The molecule has 87 heavy (non-hydrogen) atoms. The summed E-state index contributed by atoms with van der Waals surface area (Å²) in [6.45, 7) is 9.71. The number of hydrogen-bond acceptors (Lipinski definition) is 18. The van der Waals surface area contributed by atoms with Gasteiger partial charge in [0.05, 0.1) is 33.4 Å². The van der Waals surface area contributed by atoms with Crippen molar-refractivity contribution in [3.63, 3.8) is 0 Å². The Balaban J connectivity index is 0.00000135. The van der Waals surface area contributed by atoms with Crippen LogP contribution in [0.3, 0.4) is 0 Å². The molecule has 4 fully saturated rings. The number of anilines is 6. The van der Waals surface area contributed by atoms with Crippen LogP contribution in [0.4, 0.5) is 65.6 Å². The van der Waals surface area contributed by atoms with Crippen LogP contribution in [-0.4, -0.2) is 123 Å². The van der Waals surface area contributed by atoms with Crippen molar-refractivity contribution in [1.29, 1.82) is 0 Å².